The molecule has 1 aromatic heterocycles. The Hall–Kier alpha value is -2.60. The van der Waals surface area contributed by atoms with Crippen molar-refractivity contribution in [2.45, 2.75) is 38.3 Å². The van der Waals surface area contributed by atoms with Crippen LogP contribution in [-0.2, 0) is 5.60 Å². The fourth-order valence-electron chi connectivity index (χ4n) is 2.43. The monoisotopic (exact) mass is 342 g/mol. The number of carbonyl (C=O) groups excluding carboxylic acids is 2. The third-order valence-electron chi connectivity index (χ3n) is 4.19. The Labute approximate surface area is 146 Å². The molecule has 6 heteroatoms. The first-order chi connectivity index (χ1) is 11.8. The molecule has 6 nitrogen and oxygen atoms in total. The summed E-state index contributed by atoms with van der Waals surface area (Å²) in [6.45, 7) is 3.39. The maximum atomic E-state index is 12.2. The number of hydrogen-bond acceptors (Lipinski definition) is 4. The predicted molar refractivity (Wildman–Crippen MR) is 92.3 cm³/mol. The molecule has 0 saturated heterocycles. The first-order valence-electron chi connectivity index (χ1n) is 8.33. The zero-order chi connectivity index (χ0) is 18.0. The number of benzene rings is 1. The molecule has 3 N–H and O–H groups in total. The zero-order valence-electron chi connectivity index (χ0n) is 14.3. The molecule has 0 radical (unpaired) electrons. The molecule has 0 bridgehead atoms. The van der Waals surface area contributed by atoms with Crippen molar-refractivity contribution < 1.29 is 19.1 Å². The molecule has 2 amide bonds. The minimum atomic E-state index is -1.30. The summed E-state index contributed by atoms with van der Waals surface area (Å²) < 4.78 is 5.42. The molecular weight excluding hydrogens is 320 g/mol. The summed E-state index contributed by atoms with van der Waals surface area (Å²) in [6, 6.07) is 10.2. The largest absolute Gasteiger partial charge is 0.463 e. The van der Waals surface area contributed by atoms with Crippen molar-refractivity contribution in [3.05, 3.63) is 59.0 Å². The van der Waals surface area contributed by atoms with Gasteiger partial charge in [-0.05, 0) is 63.1 Å². The van der Waals surface area contributed by atoms with Crippen LogP contribution in [0.3, 0.4) is 0 Å². The van der Waals surface area contributed by atoms with Gasteiger partial charge in [-0.1, -0.05) is 0 Å². The van der Waals surface area contributed by atoms with Crippen molar-refractivity contribution in [2.24, 2.45) is 0 Å². The van der Waals surface area contributed by atoms with E-state index in [1.165, 1.54) is 0 Å². The molecule has 1 aliphatic carbocycles. The Bertz CT molecular complexity index is 773. The van der Waals surface area contributed by atoms with Gasteiger partial charge in [-0.2, -0.15) is 0 Å². The van der Waals surface area contributed by atoms with E-state index in [4.69, 9.17) is 4.42 Å². The number of amides is 2. The van der Waals surface area contributed by atoms with Gasteiger partial charge in [0, 0.05) is 17.2 Å². The van der Waals surface area contributed by atoms with Gasteiger partial charge in [0.05, 0.1) is 6.54 Å². The summed E-state index contributed by atoms with van der Waals surface area (Å²) in [5.74, 6) is 0.655. The summed E-state index contributed by atoms with van der Waals surface area (Å²) in [5, 5.41) is 16.0. The van der Waals surface area contributed by atoms with Crippen LogP contribution in [0.5, 0.6) is 0 Å². The van der Waals surface area contributed by atoms with E-state index in [1.54, 1.807) is 50.2 Å². The maximum Gasteiger partial charge on any atom is 0.251 e. The molecule has 1 atom stereocenters. The minimum Gasteiger partial charge on any atom is -0.463 e. The maximum absolute atomic E-state index is 12.2. The highest BCUT2D eigenvalue weighted by Crippen LogP contribution is 2.22. The number of rotatable bonds is 6. The highest BCUT2D eigenvalue weighted by molar-refractivity contribution is 5.98. The molecule has 2 aromatic rings. The van der Waals surface area contributed by atoms with Gasteiger partial charge in [-0.25, -0.2) is 0 Å². The van der Waals surface area contributed by atoms with Gasteiger partial charge >= 0.3 is 0 Å². The van der Waals surface area contributed by atoms with E-state index in [9.17, 15) is 14.7 Å². The molecule has 25 heavy (non-hydrogen) atoms. The Morgan fingerprint density at radius 2 is 1.72 bits per heavy atom. The summed E-state index contributed by atoms with van der Waals surface area (Å²) in [5.41, 5.74) is -0.343. The van der Waals surface area contributed by atoms with Crippen LogP contribution in [0.4, 0.5) is 0 Å². The second-order valence-corrected chi connectivity index (χ2v) is 6.69. The molecule has 1 aliphatic rings. The SMILES string of the molecule is Cc1ccc(C(C)(O)CNC(=O)c2ccc(C(=O)NC3CC3)cc2)o1. The normalized spacial score (nSPS) is 16.1. The zero-order valence-corrected chi connectivity index (χ0v) is 14.3. The van der Waals surface area contributed by atoms with E-state index in [1.807, 2.05) is 0 Å². The van der Waals surface area contributed by atoms with Crippen molar-refractivity contribution in [1.82, 2.24) is 10.6 Å². The molecule has 132 valence electrons. The highest BCUT2D eigenvalue weighted by Gasteiger charge is 2.28. The van der Waals surface area contributed by atoms with Crippen molar-refractivity contribution >= 4 is 11.8 Å². The molecule has 1 aromatic carbocycles. The lowest BCUT2D eigenvalue weighted by atomic mass is 10.0. The van der Waals surface area contributed by atoms with E-state index in [0.717, 1.165) is 12.8 Å². The highest BCUT2D eigenvalue weighted by atomic mass is 16.4. The molecule has 1 unspecified atom stereocenters. The van der Waals surface area contributed by atoms with Crippen LogP contribution in [0.1, 0.15) is 52.0 Å². The van der Waals surface area contributed by atoms with Gasteiger partial charge in [0.2, 0.25) is 0 Å². The summed E-state index contributed by atoms with van der Waals surface area (Å²) in [7, 11) is 0. The van der Waals surface area contributed by atoms with Crippen LogP contribution in [0, 0.1) is 6.92 Å². The number of nitrogens with one attached hydrogen (secondary N) is 2. The topological polar surface area (TPSA) is 91.6 Å². The van der Waals surface area contributed by atoms with Crippen LogP contribution in [0.15, 0.2) is 40.8 Å². The van der Waals surface area contributed by atoms with Crippen LogP contribution >= 0.6 is 0 Å². The lowest BCUT2D eigenvalue weighted by Gasteiger charge is -2.21. The van der Waals surface area contributed by atoms with Gasteiger partial charge in [0.25, 0.3) is 11.8 Å². The third-order valence-corrected chi connectivity index (χ3v) is 4.19. The minimum absolute atomic E-state index is 0.0166. The fourth-order valence-corrected chi connectivity index (χ4v) is 2.43. The number of aliphatic hydroxyl groups is 1. The van der Waals surface area contributed by atoms with Gasteiger partial charge < -0.3 is 20.2 Å². The predicted octanol–water partition coefficient (Wildman–Crippen LogP) is 2.12. The van der Waals surface area contributed by atoms with Crippen LogP contribution in [0.2, 0.25) is 0 Å². The van der Waals surface area contributed by atoms with Crippen LogP contribution in [0.25, 0.3) is 0 Å². The Kier molecular flexibility index (Phi) is 4.63. The van der Waals surface area contributed by atoms with E-state index < -0.39 is 5.60 Å². The molecule has 0 aliphatic heterocycles. The van der Waals surface area contributed by atoms with E-state index in [0.29, 0.717) is 28.7 Å². The summed E-state index contributed by atoms with van der Waals surface area (Å²) in [4.78, 5) is 24.2. The first-order valence-corrected chi connectivity index (χ1v) is 8.33. The average Bonchev–Trinajstić information content (AvgIpc) is 3.29. The quantitative estimate of drug-likeness (QED) is 0.750. The van der Waals surface area contributed by atoms with Crippen molar-refractivity contribution in [2.75, 3.05) is 6.54 Å². The Morgan fingerprint density at radius 3 is 2.24 bits per heavy atom. The lowest BCUT2D eigenvalue weighted by molar-refractivity contribution is 0.0323. The smallest absolute Gasteiger partial charge is 0.251 e. The van der Waals surface area contributed by atoms with Gasteiger partial charge in [0.1, 0.15) is 17.1 Å². The number of hydrogen-bond donors (Lipinski definition) is 3. The Morgan fingerprint density at radius 1 is 1.12 bits per heavy atom. The molecule has 3 rings (SSSR count). The third kappa shape index (κ3) is 4.28. The second kappa shape index (κ2) is 6.72. The van der Waals surface area contributed by atoms with Gasteiger partial charge in [0.15, 0.2) is 0 Å². The molecule has 1 heterocycles. The fraction of sp³-hybridized carbons (Fsp3) is 0.368. The number of aryl methyl sites for hydroxylation is 1. The van der Waals surface area contributed by atoms with Crippen molar-refractivity contribution in [3.8, 4) is 0 Å². The van der Waals surface area contributed by atoms with Gasteiger partial charge in [-0.3, -0.25) is 9.59 Å². The molecule has 1 saturated carbocycles. The first kappa shape index (κ1) is 17.2. The number of furan rings is 1. The second-order valence-electron chi connectivity index (χ2n) is 6.69. The van der Waals surface area contributed by atoms with Crippen LogP contribution in [-0.4, -0.2) is 29.5 Å². The molecule has 0 spiro atoms. The summed E-state index contributed by atoms with van der Waals surface area (Å²) >= 11 is 0. The molecule has 1 fully saturated rings. The lowest BCUT2D eigenvalue weighted by Crippen LogP contribution is -2.38. The van der Waals surface area contributed by atoms with E-state index in [-0.39, 0.29) is 18.4 Å². The molecular formula is C19H22N2O4. The van der Waals surface area contributed by atoms with Gasteiger partial charge in [-0.15, -0.1) is 0 Å². The average molecular weight is 342 g/mol. The Balaban J connectivity index is 1.58. The number of carbonyl (C=O) groups is 2. The summed E-state index contributed by atoms with van der Waals surface area (Å²) in [6.07, 6.45) is 2.06. The van der Waals surface area contributed by atoms with E-state index in [2.05, 4.69) is 10.6 Å². The van der Waals surface area contributed by atoms with Crippen molar-refractivity contribution in [1.29, 1.82) is 0 Å². The van der Waals surface area contributed by atoms with E-state index >= 15 is 0 Å². The standard InChI is InChI=1S/C19H22N2O4/c1-12-3-10-16(25-12)19(2,24)11-20-17(22)13-4-6-14(7-5-13)18(23)21-15-8-9-15/h3-7,10,15,24H,8-9,11H2,1-2H3,(H,20,22)(H,21,23). The van der Waals surface area contributed by atoms with Crippen molar-refractivity contribution in [3.63, 3.8) is 0 Å². The van der Waals surface area contributed by atoms with Crippen LogP contribution < -0.4 is 10.6 Å².